The molecule has 0 aliphatic rings. The van der Waals surface area contributed by atoms with Crippen LogP contribution in [-0.4, -0.2) is 47.3 Å². The lowest BCUT2D eigenvalue weighted by Crippen LogP contribution is -2.42. The zero-order valence-corrected chi connectivity index (χ0v) is 16.8. The molecule has 3 N–H and O–H groups in total. The van der Waals surface area contributed by atoms with Crippen LogP contribution in [0.15, 0.2) is 4.99 Å². The molecule has 0 spiro atoms. The highest BCUT2D eigenvalue weighted by Crippen LogP contribution is 2.10. The number of hydrogen-bond acceptors (Lipinski definition) is 3. The number of nitrogens with one attached hydrogen (secondary N) is 3. The van der Waals surface area contributed by atoms with E-state index in [9.17, 15) is 8.42 Å². The molecule has 0 radical (unpaired) electrons. The summed E-state index contributed by atoms with van der Waals surface area (Å²) in [7, 11) is -1.40. The quantitative estimate of drug-likeness (QED) is 0.211. The molecular formula is C13H31IN4O2S. The predicted octanol–water partition coefficient (Wildman–Crippen LogP) is 1.53. The van der Waals surface area contributed by atoms with Gasteiger partial charge in [-0.1, -0.05) is 33.1 Å². The average Bonchev–Trinajstić information content (AvgIpc) is 2.40. The summed E-state index contributed by atoms with van der Waals surface area (Å²) in [6, 6.07) is 0. The smallest absolute Gasteiger partial charge is 0.208 e. The van der Waals surface area contributed by atoms with Crippen molar-refractivity contribution in [3.05, 3.63) is 0 Å². The van der Waals surface area contributed by atoms with Gasteiger partial charge in [-0.05, 0) is 12.3 Å². The highest BCUT2D eigenvalue weighted by atomic mass is 127. The number of rotatable bonds is 10. The summed E-state index contributed by atoms with van der Waals surface area (Å²) in [4.78, 5) is 4.13. The molecule has 0 aromatic carbocycles. The average molecular weight is 434 g/mol. The predicted molar refractivity (Wildman–Crippen MR) is 101 cm³/mol. The first kappa shape index (κ1) is 23.2. The fourth-order valence-corrected chi connectivity index (χ4v) is 2.30. The first-order valence-corrected chi connectivity index (χ1v) is 9.21. The highest BCUT2D eigenvalue weighted by molar-refractivity contribution is 14.0. The molecule has 0 aromatic rings. The summed E-state index contributed by atoms with van der Waals surface area (Å²) in [5.74, 6) is 1.37. The highest BCUT2D eigenvalue weighted by Gasteiger charge is 2.07. The summed E-state index contributed by atoms with van der Waals surface area (Å²) in [5.41, 5.74) is 0. The van der Waals surface area contributed by atoms with Crippen LogP contribution in [0, 0.1) is 5.92 Å². The number of nitrogens with zero attached hydrogens (tertiary/aromatic N) is 1. The van der Waals surface area contributed by atoms with Crippen LogP contribution in [0.3, 0.4) is 0 Å². The Bertz CT molecular complexity index is 374. The van der Waals surface area contributed by atoms with Crippen molar-refractivity contribution in [3.63, 3.8) is 0 Å². The molecule has 0 aliphatic heterocycles. The number of unbranched alkanes of at least 4 members (excludes halogenated alkanes) is 1. The number of sulfonamides is 1. The van der Waals surface area contributed by atoms with Crippen molar-refractivity contribution in [2.45, 2.75) is 39.5 Å². The molecule has 0 bridgehead atoms. The van der Waals surface area contributed by atoms with Crippen LogP contribution >= 0.6 is 24.0 Å². The Morgan fingerprint density at radius 1 is 1.19 bits per heavy atom. The first-order valence-electron chi connectivity index (χ1n) is 7.32. The van der Waals surface area contributed by atoms with Crippen LogP contribution in [0.2, 0.25) is 0 Å². The molecule has 0 aromatic heterocycles. The van der Waals surface area contributed by atoms with Gasteiger partial charge in [0.1, 0.15) is 0 Å². The number of guanidine groups is 1. The van der Waals surface area contributed by atoms with Gasteiger partial charge in [0.05, 0.1) is 6.26 Å². The third-order valence-corrected chi connectivity index (χ3v) is 3.84. The first-order chi connectivity index (χ1) is 9.42. The van der Waals surface area contributed by atoms with Gasteiger partial charge in [-0.2, -0.15) is 0 Å². The molecule has 8 heteroatoms. The number of aliphatic imine (C=N–C) groups is 1. The van der Waals surface area contributed by atoms with Gasteiger partial charge >= 0.3 is 0 Å². The lowest BCUT2D eigenvalue weighted by atomic mass is 9.99. The molecule has 0 amide bonds. The molecule has 6 nitrogen and oxygen atoms in total. The molecule has 0 heterocycles. The van der Waals surface area contributed by atoms with Gasteiger partial charge in [0.15, 0.2) is 5.96 Å². The minimum Gasteiger partial charge on any atom is -0.356 e. The number of halogens is 1. The van der Waals surface area contributed by atoms with E-state index in [0.717, 1.165) is 25.2 Å². The Morgan fingerprint density at radius 2 is 1.86 bits per heavy atom. The van der Waals surface area contributed by atoms with Gasteiger partial charge in [0.2, 0.25) is 10.0 Å². The van der Waals surface area contributed by atoms with Crippen LogP contribution in [0.25, 0.3) is 0 Å². The standard InChI is InChI=1S/C13H30N4O2S.HI/c1-5-7-8-12(6-2)11-16-13(14-3)15-9-10-17-20(4,18)19;/h12,17H,5-11H2,1-4H3,(H2,14,15,16);1H. The Morgan fingerprint density at radius 3 is 2.33 bits per heavy atom. The summed E-state index contributed by atoms with van der Waals surface area (Å²) in [6.07, 6.45) is 6.01. The summed E-state index contributed by atoms with van der Waals surface area (Å²) in [5, 5.41) is 6.38. The lowest BCUT2D eigenvalue weighted by Gasteiger charge is -2.18. The second kappa shape index (κ2) is 13.6. The zero-order chi connectivity index (χ0) is 15.4. The van der Waals surface area contributed by atoms with Crippen molar-refractivity contribution in [1.29, 1.82) is 0 Å². The van der Waals surface area contributed by atoms with Crippen molar-refractivity contribution in [2.24, 2.45) is 10.9 Å². The van der Waals surface area contributed by atoms with E-state index in [1.807, 2.05) is 0 Å². The van der Waals surface area contributed by atoms with Crippen LogP contribution in [0.4, 0.5) is 0 Å². The normalized spacial score (nSPS) is 13.4. The van der Waals surface area contributed by atoms with Crippen LogP contribution < -0.4 is 15.4 Å². The second-order valence-electron chi connectivity index (χ2n) is 4.96. The minimum atomic E-state index is -3.12. The fourth-order valence-electron chi connectivity index (χ4n) is 1.82. The molecule has 21 heavy (non-hydrogen) atoms. The van der Waals surface area contributed by atoms with Gasteiger partial charge in [-0.3, -0.25) is 4.99 Å². The maximum absolute atomic E-state index is 10.9. The van der Waals surface area contributed by atoms with Crippen LogP contribution in [0.1, 0.15) is 39.5 Å². The van der Waals surface area contributed by atoms with Crippen molar-refractivity contribution >= 4 is 40.0 Å². The van der Waals surface area contributed by atoms with Crippen molar-refractivity contribution in [3.8, 4) is 0 Å². The van der Waals surface area contributed by atoms with E-state index < -0.39 is 10.0 Å². The molecular weight excluding hydrogens is 403 g/mol. The molecule has 0 saturated heterocycles. The van der Waals surface area contributed by atoms with Crippen LogP contribution in [-0.2, 0) is 10.0 Å². The van der Waals surface area contributed by atoms with E-state index >= 15 is 0 Å². The molecule has 0 aliphatic carbocycles. The van der Waals surface area contributed by atoms with Gasteiger partial charge in [-0.15, -0.1) is 24.0 Å². The number of hydrogen-bond donors (Lipinski definition) is 3. The van der Waals surface area contributed by atoms with Gasteiger partial charge in [0, 0.05) is 26.7 Å². The second-order valence-corrected chi connectivity index (χ2v) is 6.80. The molecule has 128 valence electrons. The van der Waals surface area contributed by atoms with Crippen molar-refractivity contribution in [1.82, 2.24) is 15.4 Å². The van der Waals surface area contributed by atoms with Gasteiger partial charge in [0.25, 0.3) is 0 Å². The van der Waals surface area contributed by atoms with Crippen molar-refractivity contribution < 1.29 is 8.42 Å². The lowest BCUT2D eigenvalue weighted by molar-refractivity contribution is 0.444. The SMILES string of the molecule is CCCCC(CC)CNC(=NC)NCCNS(C)(=O)=O.I. The van der Waals surface area contributed by atoms with Crippen LogP contribution in [0.5, 0.6) is 0 Å². The third-order valence-electron chi connectivity index (χ3n) is 3.11. The largest absolute Gasteiger partial charge is 0.356 e. The van der Waals surface area contributed by atoms with E-state index in [0.29, 0.717) is 19.0 Å². The third kappa shape index (κ3) is 14.6. The molecule has 1 atom stereocenters. The Hall–Kier alpha value is -0.0900. The summed E-state index contributed by atoms with van der Waals surface area (Å²) >= 11 is 0. The van der Waals surface area contributed by atoms with E-state index in [1.54, 1.807) is 7.05 Å². The Kier molecular flexibility index (Phi) is 15.0. The molecule has 1 unspecified atom stereocenters. The molecule has 0 rings (SSSR count). The Balaban J connectivity index is 0. The topological polar surface area (TPSA) is 82.6 Å². The fraction of sp³-hybridized carbons (Fsp3) is 0.923. The molecule has 0 fully saturated rings. The van der Waals surface area contributed by atoms with Gasteiger partial charge in [-0.25, -0.2) is 13.1 Å². The van der Waals surface area contributed by atoms with Crippen molar-refractivity contribution in [2.75, 3.05) is 32.9 Å². The monoisotopic (exact) mass is 434 g/mol. The van der Waals surface area contributed by atoms with E-state index in [2.05, 4.69) is 34.2 Å². The Labute approximate surface area is 147 Å². The maximum atomic E-state index is 10.9. The summed E-state index contributed by atoms with van der Waals surface area (Å²) in [6.45, 7) is 6.17. The maximum Gasteiger partial charge on any atom is 0.208 e. The van der Waals surface area contributed by atoms with E-state index in [1.165, 1.54) is 19.3 Å². The van der Waals surface area contributed by atoms with E-state index in [-0.39, 0.29) is 24.0 Å². The minimum absolute atomic E-state index is 0. The zero-order valence-electron chi connectivity index (χ0n) is 13.6. The van der Waals surface area contributed by atoms with Gasteiger partial charge < -0.3 is 10.6 Å². The summed E-state index contributed by atoms with van der Waals surface area (Å²) < 4.78 is 24.3. The molecule has 0 saturated carbocycles. The van der Waals surface area contributed by atoms with E-state index in [4.69, 9.17) is 0 Å².